The minimum Gasteiger partial charge on any atom is -0.444 e. The fourth-order valence-electron chi connectivity index (χ4n) is 2.06. The van der Waals surface area contributed by atoms with Crippen LogP contribution in [0.2, 0.25) is 0 Å². The largest absolute Gasteiger partial charge is 0.444 e. The van der Waals surface area contributed by atoms with E-state index in [1.807, 2.05) is 30.3 Å². The molecule has 130 valence electrons. The van der Waals surface area contributed by atoms with Gasteiger partial charge in [0.15, 0.2) is 5.96 Å². The number of oxazole rings is 1. The summed E-state index contributed by atoms with van der Waals surface area (Å²) in [5.74, 6) is 1.89. The van der Waals surface area contributed by atoms with Gasteiger partial charge in [-0.25, -0.2) is 4.98 Å². The SMILES string of the molecule is CN=C(NCCOCC(C)C)NCc1coc(-c2ccccc2)n1. The van der Waals surface area contributed by atoms with E-state index in [-0.39, 0.29) is 0 Å². The predicted octanol–water partition coefficient (Wildman–Crippen LogP) is 2.68. The zero-order valence-corrected chi connectivity index (χ0v) is 14.6. The Morgan fingerprint density at radius 2 is 2.04 bits per heavy atom. The van der Waals surface area contributed by atoms with Crippen molar-refractivity contribution in [3.63, 3.8) is 0 Å². The van der Waals surface area contributed by atoms with Gasteiger partial charge in [0.2, 0.25) is 5.89 Å². The van der Waals surface area contributed by atoms with E-state index in [9.17, 15) is 0 Å². The average molecular weight is 330 g/mol. The van der Waals surface area contributed by atoms with E-state index in [1.165, 1.54) is 0 Å². The fourth-order valence-corrected chi connectivity index (χ4v) is 2.06. The zero-order valence-electron chi connectivity index (χ0n) is 14.6. The molecule has 6 nitrogen and oxygen atoms in total. The molecule has 2 aromatic rings. The Bertz CT molecular complexity index is 623. The normalized spacial score (nSPS) is 11.8. The first kappa shape index (κ1) is 18.0. The summed E-state index contributed by atoms with van der Waals surface area (Å²) in [5, 5.41) is 6.42. The van der Waals surface area contributed by atoms with Crippen molar-refractivity contribution >= 4 is 5.96 Å². The number of aliphatic imine (C=N–C) groups is 1. The lowest BCUT2D eigenvalue weighted by atomic mass is 10.2. The van der Waals surface area contributed by atoms with E-state index >= 15 is 0 Å². The molecule has 0 aliphatic carbocycles. The van der Waals surface area contributed by atoms with E-state index in [2.05, 4.69) is 34.5 Å². The van der Waals surface area contributed by atoms with Gasteiger partial charge in [0.1, 0.15) is 6.26 Å². The average Bonchev–Trinajstić information content (AvgIpc) is 3.07. The van der Waals surface area contributed by atoms with Crippen LogP contribution >= 0.6 is 0 Å². The Balaban J connectivity index is 1.74. The maximum Gasteiger partial charge on any atom is 0.226 e. The molecule has 0 amide bonds. The number of rotatable bonds is 8. The van der Waals surface area contributed by atoms with Gasteiger partial charge in [-0.05, 0) is 18.1 Å². The highest BCUT2D eigenvalue weighted by molar-refractivity contribution is 5.79. The van der Waals surface area contributed by atoms with Crippen LogP contribution in [0.4, 0.5) is 0 Å². The minimum absolute atomic E-state index is 0.545. The standard InChI is InChI=1S/C18H26N4O2/c1-14(2)12-23-10-9-20-18(19-3)21-11-16-13-24-17(22-16)15-7-5-4-6-8-15/h4-8,13-14H,9-12H2,1-3H3,(H2,19,20,21). The number of guanidine groups is 1. The minimum atomic E-state index is 0.545. The number of nitrogens with zero attached hydrogens (tertiary/aromatic N) is 2. The van der Waals surface area contributed by atoms with Gasteiger partial charge in [0, 0.05) is 25.8 Å². The molecule has 1 heterocycles. The van der Waals surface area contributed by atoms with Gasteiger partial charge < -0.3 is 19.8 Å². The van der Waals surface area contributed by atoms with Gasteiger partial charge in [-0.15, -0.1) is 0 Å². The van der Waals surface area contributed by atoms with E-state index in [0.29, 0.717) is 37.5 Å². The first-order chi connectivity index (χ1) is 11.7. The van der Waals surface area contributed by atoms with Crippen LogP contribution in [0, 0.1) is 5.92 Å². The maximum absolute atomic E-state index is 5.53. The quantitative estimate of drug-likeness (QED) is 0.442. The lowest BCUT2D eigenvalue weighted by Crippen LogP contribution is -2.38. The van der Waals surface area contributed by atoms with Crippen LogP contribution in [-0.2, 0) is 11.3 Å². The van der Waals surface area contributed by atoms with Gasteiger partial charge in [0.05, 0.1) is 18.8 Å². The van der Waals surface area contributed by atoms with Crippen molar-refractivity contribution in [3.8, 4) is 11.5 Å². The van der Waals surface area contributed by atoms with Gasteiger partial charge in [-0.2, -0.15) is 0 Å². The third kappa shape index (κ3) is 6.04. The second-order valence-electron chi connectivity index (χ2n) is 5.83. The second-order valence-corrected chi connectivity index (χ2v) is 5.83. The Labute approximate surface area is 143 Å². The molecule has 0 radical (unpaired) electrons. The topological polar surface area (TPSA) is 71.7 Å². The number of hydrogen-bond donors (Lipinski definition) is 2. The summed E-state index contributed by atoms with van der Waals surface area (Å²) in [5.41, 5.74) is 1.79. The highest BCUT2D eigenvalue weighted by Gasteiger charge is 2.06. The zero-order chi connectivity index (χ0) is 17.2. The third-order valence-electron chi connectivity index (χ3n) is 3.22. The van der Waals surface area contributed by atoms with Crippen molar-refractivity contribution in [2.24, 2.45) is 10.9 Å². The van der Waals surface area contributed by atoms with Crippen molar-refractivity contribution in [1.82, 2.24) is 15.6 Å². The molecule has 0 bridgehead atoms. The Morgan fingerprint density at radius 3 is 2.75 bits per heavy atom. The molecule has 24 heavy (non-hydrogen) atoms. The fraction of sp³-hybridized carbons (Fsp3) is 0.444. The van der Waals surface area contributed by atoms with Gasteiger partial charge in [0.25, 0.3) is 0 Å². The lowest BCUT2D eigenvalue weighted by molar-refractivity contribution is 0.114. The smallest absolute Gasteiger partial charge is 0.226 e. The molecule has 0 aliphatic rings. The number of nitrogens with one attached hydrogen (secondary N) is 2. The van der Waals surface area contributed by atoms with Crippen LogP contribution in [0.5, 0.6) is 0 Å². The summed E-state index contributed by atoms with van der Waals surface area (Å²) in [6, 6.07) is 9.84. The molecule has 0 spiro atoms. The van der Waals surface area contributed by atoms with Crippen molar-refractivity contribution in [1.29, 1.82) is 0 Å². The first-order valence-corrected chi connectivity index (χ1v) is 8.21. The number of ether oxygens (including phenoxy) is 1. The van der Waals surface area contributed by atoms with E-state index < -0.39 is 0 Å². The van der Waals surface area contributed by atoms with Crippen molar-refractivity contribution in [2.75, 3.05) is 26.8 Å². The molecule has 0 saturated carbocycles. The summed E-state index contributed by atoms with van der Waals surface area (Å²) in [6.07, 6.45) is 1.66. The van der Waals surface area contributed by atoms with E-state index in [1.54, 1.807) is 13.3 Å². The molecule has 0 saturated heterocycles. The Hall–Kier alpha value is -2.34. The molecular formula is C18H26N4O2. The molecule has 1 aromatic carbocycles. The molecule has 2 rings (SSSR count). The Morgan fingerprint density at radius 1 is 1.25 bits per heavy atom. The van der Waals surface area contributed by atoms with Crippen molar-refractivity contribution in [2.45, 2.75) is 20.4 Å². The van der Waals surface area contributed by atoms with Crippen LogP contribution in [0.3, 0.4) is 0 Å². The van der Waals surface area contributed by atoms with Crippen LogP contribution < -0.4 is 10.6 Å². The van der Waals surface area contributed by atoms with Crippen LogP contribution in [-0.4, -0.2) is 37.7 Å². The number of hydrogen-bond acceptors (Lipinski definition) is 4. The number of aromatic nitrogens is 1. The second kappa shape index (κ2) is 9.72. The Kier molecular flexibility index (Phi) is 7.29. The molecule has 0 unspecified atom stereocenters. The summed E-state index contributed by atoms with van der Waals surface area (Å²) in [7, 11) is 1.74. The molecule has 1 aromatic heterocycles. The highest BCUT2D eigenvalue weighted by Crippen LogP contribution is 2.17. The molecule has 0 fully saturated rings. The summed E-state index contributed by atoms with van der Waals surface area (Å²) < 4.78 is 11.1. The van der Waals surface area contributed by atoms with Crippen LogP contribution in [0.15, 0.2) is 46.0 Å². The van der Waals surface area contributed by atoms with Crippen molar-refractivity contribution in [3.05, 3.63) is 42.3 Å². The molecular weight excluding hydrogens is 304 g/mol. The third-order valence-corrected chi connectivity index (χ3v) is 3.22. The van der Waals surface area contributed by atoms with E-state index in [0.717, 1.165) is 17.9 Å². The molecule has 0 aliphatic heterocycles. The predicted molar refractivity (Wildman–Crippen MR) is 95.8 cm³/mol. The molecule has 0 atom stereocenters. The van der Waals surface area contributed by atoms with Crippen LogP contribution in [0.25, 0.3) is 11.5 Å². The first-order valence-electron chi connectivity index (χ1n) is 8.21. The summed E-state index contributed by atoms with van der Waals surface area (Å²) in [4.78, 5) is 8.66. The van der Waals surface area contributed by atoms with Crippen LogP contribution in [0.1, 0.15) is 19.5 Å². The molecule has 2 N–H and O–H groups in total. The monoisotopic (exact) mass is 330 g/mol. The summed E-state index contributed by atoms with van der Waals surface area (Å²) in [6.45, 7) is 6.95. The van der Waals surface area contributed by atoms with E-state index in [4.69, 9.17) is 9.15 Å². The maximum atomic E-state index is 5.53. The molecule has 6 heteroatoms. The number of benzene rings is 1. The van der Waals surface area contributed by atoms with Gasteiger partial charge in [-0.1, -0.05) is 32.0 Å². The van der Waals surface area contributed by atoms with Crippen molar-refractivity contribution < 1.29 is 9.15 Å². The summed E-state index contributed by atoms with van der Waals surface area (Å²) >= 11 is 0. The highest BCUT2D eigenvalue weighted by atomic mass is 16.5. The van der Waals surface area contributed by atoms with Gasteiger partial charge >= 0.3 is 0 Å². The lowest BCUT2D eigenvalue weighted by Gasteiger charge is -2.11. The van der Waals surface area contributed by atoms with Gasteiger partial charge in [-0.3, -0.25) is 4.99 Å².